The predicted molar refractivity (Wildman–Crippen MR) is 48.0 cm³/mol. The number of alkyl halides is 2. The summed E-state index contributed by atoms with van der Waals surface area (Å²) in [5.74, 6) is 0. The van der Waals surface area contributed by atoms with Crippen LogP contribution in [0.25, 0.3) is 0 Å². The van der Waals surface area contributed by atoms with Crippen molar-refractivity contribution in [1.82, 2.24) is 0 Å². The van der Waals surface area contributed by atoms with E-state index in [4.69, 9.17) is 23.2 Å². The van der Waals surface area contributed by atoms with Gasteiger partial charge in [-0.3, -0.25) is 0 Å². The highest BCUT2D eigenvalue weighted by molar-refractivity contribution is 7.80. The van der Waals surface area contributed by atoms with Gasteiger partial charge in [-0.05, 0) is 19.1 Å². The predicted octanol–water partition coefficient (Wildman–Crippen LogP) is 2.53. The van der Waals surface area contributed by atoms with Crippen LogP contribution in [0.3, 0.4) is 0 Å². The molecule has 0 amide bonds. The molecule has 0 saturated heterocycles. The zero-order valence-electron chi connectivity index (χ0n) is 5.60. The van der Waals surface area contributed by atoms with Gasteiger partial charge in [0.2, 0.25) is 0 Å². The smallest absolute Gasteiger partial charge is 0.194 e. The van der Waals surface area contributed by atoms with Gasteiger partial charge in [-0.15, -0.1) is 0 Å². The van der Waals surface area contributed by atoms with Gasteiger partial charge in [0.1, 0.15) is 4.84 Å². The van der Waals surface area contributed by atoms with Crippen molar-refractivity contribution < 1.29 is 4.84 Å². The van der Waals surface area contributed by atoms with Crippen LogP contribution in [0.5, 0.6) is 0 Å². The van der Waals surface area contributed by atoms with Gasteiger partial charge in [-0.1, -0.05) is 28.4 Å². The van der Waals surface area contributed by atoms with Gasteiger partial charge in [0.05, 0.1) is 5.71 Å². The molecular weight excluding hydrogens is 193 g/mol. The number of nitrogens with zero attached hydrogens (tertiary/aromatic N) is 1. The first-order valence-electron chi connectivity index (χ1n) is 2.54. The summed E-state index contributed by atoms with van der Waals surface area (Å²) in [6.07, 6.45) is 0. The second-order valence-electron chi connectivity index (χ2n) is 1.62. The molecule has 0 aromatic carbocycles. The van der Waals surface area contributed by atoms with Crippen molar-refractivity contribution in [2.75, 3.05) is 0 Å². The van der Waals surface area contributed by atoms with Crippen molar-refractivity contribution in [3.63, 3.8) is 0 Å². The summed E-state index contributed by atoms with van der Waals surface area (Å²) >= 11 is 15.4. The summed E-state index contributed by atoms with van der Waals surface area (Å²) in [6, 6.07) is 0. The number of halogens is 2. The summed E-state index contributed by atoms with van der Waals surface area (Å²) in [5, 5.41) is 3.88. The molecule has 0 saturated carbocycles. The second kappa shape index (κ2) is 4.88. The quantitative estimate of drug-likeness (QED) is 0.295. The number of hydrogen-bond donors (Lipinski definition) is 0. The number of thiocarbonyl (C=S) groups is 1. The Bertz CT molecular complexity index is 158. The van der Waals surface area contributed by atoms with Crippen molar-refractivity contribution in [1.29, 1.82) is 0 Å². The average molecular weight is 200 g/mol. The monoisotopic (exact) mass is 199 g/mol. The maximum absolute atomic E-state index is 5.42. The molecule has 0 aromatic rings. The summed E-state index contributed by atoms with van der Waals surface area (Å²) in [4.78, 5) is 3.99. The van der Waals surface area contributed by atoms with Crippen molar-refractivity contribution in [3.05, 3.63) is 0 Å². The van der Waals surface area contributed by atoms with Crippen LogP contribution in [0.15, 0.2) is 5.16 Å². The summed E-state index contributed by atoms with van der Waals surface area (Å²) in [7, 11) is 0. The lowest BCUT2D eigenvalue weighted by Crippen LogP contribution is -2.04. The third-order valence-corrected chi connectivity index (χ3v) is 1.34. The molecule has 0 aliphatic rings. The van der Waals surface area contributed by atoms with E-state index in [0.29, 0.717) is 10.8 Å². The number of rotatable bonds is 2. The van der Waals surface area contributed by atoms with E-state index in [1.807, 2.05) is 0 Å². The van der Waals surface area contributed by atoms with Crippen molar-refractivity contribution in [2.24, 2.45) is 5.16 Å². The van der Waals surface area contributed by atoms with Gasteiger partial charge in [0, 0.05) is 6.92 Å². The molecular formula is C5H7Cl2NOS. The van der Waals surface area contributed by atoms with E-state index in [2.05, 4.69) is 22.2 Å². The molecule has 0 aliphatic heterocycles. The SMILES string of the molecule is CC(=S)ON=C(C)C(Cl)Cl. The van der Waals surface area contributed by atoms with E-state index in [1.165, 1.54) is 0 Å². The fourth-order valence-corrected chi connectivity index (χ4v) is 0.293. The molecule has 0 spiro atoms. The van der Waals surface area contributed by atoms with E-state index in [-0.39, 0.29) is 0 Å². The third kappa shape index (κ3) is 4.97. The summed E-state index contributed by atoms with van der Waals surface area (Å²) < 4.78 is 0. The molecule has 10 heavy (non-hydrogen) atoms. The highest BCUT2D eigenvalue weighted by atomic mass is 35.5. The Kier molecular flexibility index (Phi) is 4.95. The first-order chi connectivity index (χ1) is 4.54. The molecule has 0 N–H and O–H groups in total. The Hall–Kier alpha value is 0.140. The largest absolute Gasteiger partial charge is 0.350 e. The van der Waals surface area contributed by atoms with Crippen molar-refractivity contribution in [3.8, 4) is 0 Å². The van der Waals surface area contributed by atoms with Crippen molar-refractivity contribution in [2.45, 2.75) is 18.7 Å². The van der Waals surface area contributed by atoms with Gasteiger partial charge in [-0.2, -0.15) is 0 Å². The lowest BCUT2D eigenvalue weighted by molar-refractivity contribution is 0.334. The molecule has 0 heterocycles. The molecule has 0 aliphatic carbocycles. The highest BCUT2D eigenvalue weighted by Gasteiger charge is 2.02. The van der Waals surface area contributed by atoms with E-state index in [1.54, 1.807) is 13.8 Å². The van der Waals surface area contributed by atoms with Crippen LogP contribution < -0.4 is 0 Å². The van der Waals surface area contributed by atoms with Gasteiger partial charge in [0.25, 0.3) is 0 Å². The first kappa shape index (κ1) is 10.1. The lowest BCUT2D eigenvalue weighted by Gasteiger charge is -1.98. The second-order valence-corrected chi connectivity index (χ2v) is 3.29. The van der Waals surface area contributed by atoms with Crippen LogP contribution in [0, 0.1) is 0 Å². The topological polar surface area (TPSA) is 21.6 Å². The zero-order chi connectivity index (χ0) is 8.15. The average Bonchev–Trinajstić information content (AvgIpc) is 1.82. The Morgan fingerprint density at radius 1 is 1.50 bits per heavy atom. The van der Waals surface area contributed by atoms with Gasteiger partial charge >= 0.3 is 0 Å². The minimum atomic E-state index is -0.630. The minimum Gasteiger partial charge on any atom is -0.350 e. The molecule has 0 bridgehead atoms. The highest BCUT2D eigenvalue weighted by Crippen LogP contribution is 2.04. The van der Waals surface area contributed by atoms with Crippen LogP contribution in [-0.4, -0.2) is 15.6 Å². The number of oxime groups is 1. The third-order valence-electron chi connectivity index (χ3n) is 0.634. The molecule has 5 heteroatoms. The molecule has 0 rings (SSSR count). The van der Waals surface area contributed by atoms with Gasteiger partial charge in [-0.25, -0.2) is 0 Å². The van der Waals surface area contributed by atoms with Crippen LogP contribution in [-0.2, 0) is 4.84 Å². The van der Waals surface area contributed by atoms with Crippen LogP contribution in [0.4, 0.5) is 0 Å². The molecule has 0 atom stereocenters. The Morgan fingerprint density at radius 3 is 2.30 bits per heavy atom. The lowest BCUT2D eigenvalue weighted by atomic mass is 10.5. The maximum Gasteiger partial charge on any atom is 0.194 e. The Balaban J connectivity index is 3.80. The van der Waals surface area contributed by atoms with Crippen LogP contribution in [0.1, 0.15) is 13.8 Å². The molecule has 58 valence electrons. The fourth-order valence-electron chi connectivity index (χ4n) is 0.176. The molecule has 2 nitrogen and oxygen atoms in total. The molecule has 0 unspecified atom stereocenters. The zero-order valence-corrected chi connectivity index (χ0v) is 7.93. The van der Waals surface area contributed by atoms with E-state index in [0.717, 1.165) is 0 Å². The number of hydrogen-bond acceptors (Lipinski definition) is 3. The van der Waals surface area contributed by atoms with Gasteiger partial charge in [0.15, 0.2) is 5.05 Å². The normalized spacial score (nSPS) is 11.9. The van der Waals surface area contributed by atoms with Crippen LogP contribution in [0.2, 0.25) is 0 Å². The minimum absolute atomic E-state index is 0.341. The van der Waals surface area contributed by atoms with Crippen LogP contribution >= 0.6 is 35.4 Å². The standard InChI is InChI=1S/C5H7Cl2NOS/c1-3(5(6)7)8-9-4(2)10/h5H,1-2H3. The Labute approximate surface area is 75.1 Å². The first-order valence-corrected chi connectivity index (χ1v) is 3.82. The van der Waals surface area contributed by atoms with E-state index in [9.17, 15) is 0 Å². The molecule has 0 fully saturated rings. The van der Waals surface area contributed by atoms with E-state index < -0.39 is 4.84 Å². The summed E-state index contributed by atoms with van der Waals surface area (Å²) in [6.45, 7) is 3.27. The molecule has 0 aromatic heterocycles. The maximum atomic E-state index is 5.42. The summed E-state index contributed by atoms with van der Waals surface area (Å²) in [5.41, 5.74) is 0.493. The van der Waals surface area contributed by atoms with Gasteiger partial charge < -0.3 is 4.84 Å². The molecule has 0 radical (unpaired) electrons. The van der Waals surface area contributed by atoms with E-state index >= 15 is 0 Å². The van der Waals surface area contributed by atoms with Crippen molar-refractivity contribution >= 4 is 46.2 Å². The fraction of sp³-hybridized carbons (Fsp3) is 0.600. The Morgan fingerprint density at radius 2 is 2.00 bits per heavy atom.